The molecule has 0 aromatic heterocycles. The number of carbonyl (C=O) groups is 2. The van der Waals surface area contributed by atoms with E-state index in [9.17, 15) is 9.59 Å². The summed E-state index contributed by atoms with van der Waals surface area (Å²) in [4.78, 5) is 32.7. The maximum atomic E-state index is 11.5. The predicted octanol–water partition coefficient (Wildman–Crippen LogP) is 0.328. The molecule has 0 bridgehead atoms. The number of guanidine groups is 1. The number of hydrogen-bond donors (Lipinski definition) is 2. The predicted molar refractivity (Wildman–Crippen MR) is 96.8 cm³/mol. The van der Waals surface area contributed by atoms with Crippen LogP contribution < -0.4 is 16.0 Å². The average Bonchev–Trinajstić information content (AvgIpc) is 2.94. The van der Waals surface area contributed by atoms with Crippen LogP contribution in [0.3, 0.4) is 0 Å². The lowest BCUT2D eigenvalue weighted by Crippen LogP contribution is -2.51. The number of rotatable bonds is 4. The Morgan fingerprint density at radius 3 is 2.44 bits per heavy atom. The molecule has 2 aliphatic heterocycles. The number of nitrogens with two attached hydrogens (primary N) is 1. The molecule has 0 aliphatic carbocycles. The summed E-state index contributed by atoms with van der Waals surface area (Å²) in [6.07, 6.45) is 0. The number of imide groups is 1. The van der Waals surface area contributed by atoms with Crippen molar-refractivity contribution in [3.8, 4) is 0 Å². The first-order valence-electron chi connectivity index (χ1n) is 8.18. The first-order chi connectivity index (χ1) is 12.0. The van der Waals surface area contributed by atoms with Gasteiger partial charge in [0.2, 0.25) is 5.91 Å². The van der Waals surface area contributed by atoms with Crippen molar-refractivity contribution < 1.29 is 9.59 Å². The highest BCUT2D eigenvalue weighted by Gasteiger charge is 2.27. The molecule has 134 valence electrons. The van der Waals surface area contributed by atoms with Crippen LogP contribution in [0.15, 0.2) is 29.3 Å². The van der Waals surface area contributed by atoms with Crippen LogP contribution in [0.4, 0.5) is 10.5 Å². The quantitative estimate of drug-likeness (QED) is 0.456. The Morgan fingerprint density at radius 2 is 1.84 bits per heavy atom. The summed E-state index contributed by atoms with van der Waals surface area (Å²) in [5.74, 6) is 0.221. The molecule has 0 atom stereocenters. The van der Waals surface area contributed by atoms with Crippen LogP contribution in [-0.2, 0) is 4.79 Å². The van der Waals surface area contributed by atoms with Gasteiger partial charge in [0.15, 0.2) is 5.96 Å². The van der Waals surface area contributed by atoms with E-state index in [1.807, 2.05) is 29.2 Å². The SMILES string of the molecule is NC(=NCCN1C(=O)CNC1=O)N1CCN(c2ccc(Cl)cc2)CC1. The van der Waals surface area contributed by atoms with E-state index in [1.165, 1.54) is 0 Å². The molecule has 1 aromatic rings. The lowest BCUT2D eigenvalue weighted by molar-refractivity contribution is -0.124. The Bertz CT molecular complexity index is 654. The number of nitrogens with zero attached hydrogens (tertiary/aromatic N) is 4. The van der Waals surface area contributed by atoms with E-state index >= 15 is 0 Å². The van der Waals surface area contributed by atoms with Crippen molar-refractivity contribution in [1.29, 1.82) is 0 Å². The number of nitrogens with one attached hydrogen (secondary N) is 1. The summed E-state index contributed by atoms with van der Waals surface area (Å²) < 4.78 is 0. The molecule has 3 amide bonds. The highest BCUT2D eigenvalue weighted by Crippen LogP contribution is 2.19. The second-order valence-electron chi connectivity index (χ2n) is 5.89. The molecule has 1 aromatic carbocycles. The Morgan fingerprint density at radius 1 is 1.16 bits per heavy atom. The standard InChI is InChI=1S/C16H21ClN6O2/c17-12-1-3-13(4-2-12)21-7-9-22(10-8-21)15(18)19-5-6-23-14(24)11-20-16(23)25/h1-4H,5-11H2,(H2,18,19)(H,20,25). The van der Waals surface area contributed by atoms with Gasteiger partial charge >= 0.3 is 6.03 Å². The van der Waals surface area contributed by atoms with Gasteiger partial charge in [0.05, 0.1) is 19.6 Å². The molecule has 9 heteroatoms. The van der Waals surface area contributed by atoms with Crippen molar-refractivity contribution in [3.05, 3.63) is 29.3 Å². The van der Waals surface area contributed by atoms with Gasteiger partial charge < -0.3 is 20.9 Å². The Kier molecular flexibility index (Phi) is 5.28. The molecule has 0 radical (unpaired) electrons. The molecule has 2 fully saturated rings. The number of piperazine rings is 1. The van der Waals surface area contributed by atoms with E-state index in [0.29, 0.717) is 12.5 Å². The van der Waals surface area contributed by atoms with Crippen molar-refractivity contribution >= 4 is 35.2 Å². The highest BCUT2D eigenvalue weighted by molar-refractivity contribution is 6.30. The van der Waals surface area contributed by atoms with Crippen molar-refractivity contribution in [2.45, 2.75) is 0 Å². The number of benzene rings is 1. The minimum absolute atomic E-state index is 0.0602. The second kappa shape index (κ2) is 7.60. The molecule has 0 unspecified atom stereocenters. The minimum Gasteiger partial charge on any atom is -0.370 e. The van der Waals surface area contributed by atoms with Gasteiger partial charge in [-0.15, -0.1) is 0 Å². The van der Waals surface area contributed by atoms with Gasteiger partial charge in [-0.2, -0.15) is 0 Å². The molecular weight excluding hydrogens is 344 g/mol. The number of halogens is 1. The number of urea groups is 1. The molecule has 2 saturated heterocycles. The zero-order valence-electron chi connectivity index (χ0n) is 13.8. The molecule has 3 N–H and O–H groups in total. The Hall–Kier alpha value is -2.48. The van der Waals surface area contributed by atoms with E-state index in [0.717, 1.165) is 41.8 Å². The number of aliphatic imine (C=N–C) groups is 1. The third kappa shape index (κ3) is 4.14. The van der Waals surface area contributed by atoms with Gasteiger partial charge in [-0.05, 0) is 24.3 Å². The van der Waals surface area contributed by atoms with E-state index in [-0.39, 0.29) is 25.0 Å². The number of hydrogen-bond acceptors (Lipinski definition) is 4. The van der Waals surface area contributed by atoms with Crippen LogP contribution in [-0.4, -0.2) is 73.5 Å². The molecule has 25 heavy (non-hydrogen) atoms. The molecular formula is C16H21ClN6O2. The molecule has 8 nitrogen and oxygen atoms in total. The van der Waals surface area contributed by atoms with E-state index in [4.69, 9.17) is 17.3 Å². The van der Waals surface area contributed by atoms with Crippen LogP contribution in [0.25, 0.3) is 0 Å². The van der Waals surface area contributed by atoms with Crippen molar-refractivity contribution in [2.75, 3.05) is 50.7 Å². The molecule has 0 spiro atoms. The minimum atomic E-state index is -0.365. The lowest BCUT2D eigenvalue weighted by Gasteiger charge is -2.36. The summed E-state index contributed by atoms with van der Waals surface area (Å²) in [7, 11) is 0. The molecule has 0 saturated carbocycles. The fraction of sp³-hybridized carbons (Fsp3) is 0.438. The van der Waals surface area contributed by atoms with Gasteiger partial charge in [-0.1, -0.05) is 11.6 Å². The van der Waals surface area contributed by atoms with E-state index in [1.54, 1.807) is 0 Å². The maximum absolute atomic E-state index is 11.5. The van der Waals surface area contributed by atoms with Crippen molar-refractivity contribution in [2.24, 2.45) is 10.7 Å². The molecule has 2 aliphatic rings. The fourth-order valence-corrected chi connectivity index (χ4v) is 3.02. The van der Waals surface area contributed by atoms with Gasteiger partial charge in [-0.3, -0.25) is 14.7 Å². The van der Waals surface area contributed by atoms with Crippen LogP contribution in [0, 0.1) is 0 Å². The van der Waals surface area contributed by atoms with E-state index < -0.39 is 0 Å². The van der Waals surface area contributed by atoms with Crippen LogP contribution >= 0.6 is 11.6 Å². The summed E-state index contributed by atoms with van der Waals surface area (Å²) in [6.45, 7) is 3.82. The number of anilines is 1. The van der Waals surface area contributed by atoms with Gasteiger partial charge in [0, 0.05) is 36.9 Å². The summed E-state index contributed by atoms with van der Waals surface area (Å²) in [6, 6.07) is 7.42. The third-order valence-electron chi connectivity index (χ3n) is 4.33. The lowest BCUT2D eigenvalue weighted by atomic mass is 10.2. The highest BCUT2D eigenvalue weighted by atomic mass is 35.5. The average molecular weight is 365 g/mol. The van der Waals surface area contributed by atoms with Crippen LogP contribution in [0.5, 0.6) is 0 Å². The van der Waals surface area contributed by atoms with Gasteiger partial charge in [0.1, 0.15) is 0 Å². The zero-order valence-corrected chi connectivity index (χ0v) is 14.6. The Labute approximate surface area is 151 Å². The van der Waals surface area contributed by atoms with Crippen LogP contribution in [0.2, 0.25) is 5.02 Å². The summed E-state index contributed by atoms with van der Waals surface area (Å²) in [5, 5.41) is 3.20. The zero-order chi connectivity index (χ0) is 17.8. The van der Waals surface area contributed by atoms with Gasteiger partial charge in [0.25, 0.3) is 0 Å². The van der Waals surface area contributed by atoms with Crippen molar-refractivity contribution in [3.63, 3.8) is 0 Å². The van der Waals surface area contributed by atoms with Gasteiger partial charge in [-0.25, -0.2) is 4.79 Å². The largest absolute Gasteiger partial charge is 0.370 e. The Balaban J connectivity index is 1.47. The number of carbonyl (C=O) groups excluding carboxylic acids is 2. The smallest absolute Gasteiger partial charge is 0.324 e. The summed E-state index contributed by atoms with van der Waals surface area (Å²) in [5.41, 5.74) is 7.18. The monoisotopic (exact) mass is 364 g/mol. The van der Waals surface area contributed by atoms with E-state index in [2.05, 4.69) is 15.2 Å². The first-order valence-corrected chi connectivity index (χ1v) is 8.56. The first kappa shape index (κ1) is 17.3. The summed E-state index contributed by atoms with van der Waals surface area (Å²) >= 11 is 5.92. The topological polar surface area (TPSA) is 94.3 Å². The third-order valence-corrected chi connectivity index (χ3v) is 4.58. The van der Waals surface area contributed by atoms with Crippen molar-refractivity contribution in [1.82, 2.24) is 15.1 Å². The molecule has 2 heterocycles. The molecule has 3 rings (SSSR count). The van der Waals surface area contributed by atoms with Crippen LogP contribution in [0.1, 0.15) is 0 Å². The fourth-order valence-electron chi connectivity index (χ4n) is 2.89. The second-order valence-corrected chi connectivity index (χ2v) is 6.33. The normalized spacial score (nSPS) is 18.8. The number of amides is 3. The maximum Gasteiger partial charge on any atom is 0.324 e.